The van der Waals surface area contributed by atoms with Crippen LogP contribution in [-0.4, -0.2) is 25.7 Å². The van der Waals surface area contributed by atoms with Gasteiger partial charge in [0.05, 0.1) is 6.61 Å². The van der Waals surface area contributed by atoms with Gasteiger partial charge in [-0.1, -0.05) is 13.8 Å². The van der Waals surface area contributed by atoms with E-state index in [-0.39, 0.29) is 5.97 Å². The van der Waals surface area contributed by atoms with Gasteiger partial charge in [0.15, 0.2) is 0 Å². The Morgan fingerprint density at radius 2 is 2.06 bits per heavy atom. The van der Waals surface area contributed by atoms with Gasteiger partial charge in [0, 0.05) is 6.42 Å². The monoisotopic (exact) mass is 241 g/mol. The van der Waals surface area contributed by atoms with Gasteiger partial charge < -0.3 is 10.1 Å². The largest absolute Gasteiger partial charge is 0.466 e. The molecule has 0 spiro atoms. The number of esters is 1. The zero-order chi connectivity index (χ0) is 12.5. The summed E-state index contributed by atoms with van der Waals surface area (Å²) in [6.45, 7) is 7.20. The maximum atomic E-state index is 11.5. The smallest absolute Gasteiger partial charge is 0.305 e. The summed E-state index contributed by atoms with van der Waals surface area (Å²) in [6, 6.07) is 0. The average molecular weight is 241 g/mol. The molecule has 0 bridgehead atoms. The Kier molecular flexibility index (Phi) is 7.25. The number of carbonyl (C=O) groups excluding carboxylic acids is 1. The van der Waals surface area contributed by atoms with Gasteiger partial charge in [-0.25, -0.2) is 0 Å². The summed E-state index contributed by atoms with van der Waals surface area (Å²) >= 11 is 0. The highest BCUT2D eigenvalue weighted by Gasteiger charge is 2.14. The van der Waals surface area contributed by atoms with Gasteiger partial charge in [0.1, 0.15) is 0 Å². The van der Waals surface area contributed by atoms with Crippen molar-refractivity contribution in [2.75, 3.05) is 19.7 Å². The van der Waals surface area contributed by atoms with E-state index in [0.717, 1.165) is 38.3 Å². The van der Waals surface area contributed by atoms with E-state index in [2.05, 4.69) is 19.2 Å². The number of hydrogen-bond donors (Lipinski definition) is 1. The van der Waals surface area contributed by atoms with Gasteiger partial charge in [-0.3, -0.25) is 4.79 Å². The molecule has 0 aliphatic carbocycles. The molecular formula is C14H27NO2. The first-order valence-corrected chi connectivity index (χ1v) is 7.05. The highest BCUT2D eigenvalue weighted by Crippen LogP contribution is 2.17. The fraction of sp³-hybridized carbons (Fsp3) is 0.929. The van der Waals surface area contributed by atoms with E-state index in [9.17, 15) is 4.79 Å². The summed E-state index contributed by atoms with van der Waals surface area (Å²) in [5.74, 6) is 1.41. The second kappa shape index (κ2) is 8.51. The van der Waals surface area contributed by atoms with Crippen LogP contribution in [0.15, 0.2) is 0 Å². The van der Waals surface area contributed by atoms with Crippen molar-refractivity contribution < 1.29 is 9.53 Å². The van der Waals surface area contributed by atoms with Gasteiger partial charge in [0.2, 0.25) is 0 Å². The van der Waals surface area contributed by atoms with Gasteiger partial charge in [-0.05, 0) is 57.0 Å². The Bertz CT molecular complexity index is 210. The lowest BCUT2D eigenvalue weighted by molar-refractivity contribution is -0.144. The minimum absolute atomic E-state index is 0.00714. The van der Waals surface area contributed by atoms with E-state index in [4.69, 9.17) is 4.74 Å². The lowest BCUT2D eigenvalue weighted by Crippen LogP contribution is -2.28. The Balaban J connectivity index is 1.96. The molecule has 0 aromatic rings. The predicted octanol–water partition coefficient (Wildman–Crippen LogP) is 2.75. The van der Waals surface area contributed by atoms with Crippen molar-refractivity contribution in [1.82, 2.24) is 5.32 Å². The summed E-state index contributed by atoms with van der Waals surface area (Å²) in [6.07, 6.45) is 6.16. The maximum Gasteiger partial charge on any atom is 0.305 e. The van der Waals surface area contributed by atoms with Crippen molar-refractivity contribution in [2.45, 2.75) is 52.4 Å². The maximum absolute atomic E-state index is 11.5. The van der Waals surface area contributed by atoms with Crippen LogP contribution >= 0.6 is 0 Å². The van der Waals surface area contributed by atoms with Crippen molar-refractivity contribution in [2.24, 2.45) is 11.8 Å². The molecule has 17 heavy (non-hydrogen) atoms. The highest BCUT2D eigenvalue weighted by atomic mass is 16.5. The van der Waals surface area contributed by atoms with E-state index in [0.29, 0.717) is 18.9 Å². The van der Waals surface area contributed by atoms with E-state index in [1.54, 1.807) is 0 Å². The molecular weight excluding hydrogens is 214 g/mol. The first-order chi connectivity index (χ1) is 8.18. The lowest BCUT2D eigenvalue weighted by atomic mass is 9.93. The third-order valence-corrected chi connectivity index (χ3v) is 3.40. The quantitative estimate of drug-likeness (QED) is 0.550. The van der Waals surface area contributed by atoms with E-state index < -0.39 is 0 Å². The van der Waals surface area contributed by atoms with Crippen LogP contribution < -0.4 is 5.32 Å². The molecule has 100 valence electrons. The molecule has 0 radical (unpaired) electrons. The van der Waals surface area contributed by atoms with Crippen LogP contribution in [0.25, 0.3) is 0 Å². The van der Waals surface area contributed by atoms with Crippen molar-refractivity contribution in [3.63, 3.8) is 0 Å². The molecule has 1 aliphatic heterocycles. The van der Waals surface area contributed by atoms with Gasteiger partial charge in [0.25, 0.3) is 0 Å². The highest BCUT2D eigenvalue weighted by molar-refractivity contribution is 5.69. The number of piperidine rings is 1. The number of ether oxygens (including phenoxy) is 1. The minimum Gasteiger partial charge on any atom is -0.466 e. The normalized spacial score (nSPS) is 17.4. The molecule has 1 N–H and O–H groups in total. The third kappa shape index (κ3) is 7.37. The summed E-state index contributed by atoms with van der Waals surface area (Å²) in [5.41, 5.74) is 0. The average Bonchev–Trinajstić information content (AvgIpc) is 2.33. The van der Waals surface area contributed by atoms with Crippen LogP contribution in [-0.2, 0) is 9.53 Å². The molecule has 1 rings (SSSR count). The standard InChI is InChI=1S/C14H27NO2/c1-12(2)4-3-11-17-14(16)6-5-13-7-9-15-10-8-13/h12-13,15H,3-11H2,1-2H3. The Morgan fingerprint density at radius 1 is 1.35 bits per heavy atom. The van der Waals surface area contributed by atoms with Crippen LogP contribution in [0.5, 0.6) is 0 Å². The Hall–Kier alpha value is -0.570. The summed E-state index contributed by atoms with van der Waals surface area (Å²) in [7, 11) is 0. The number of rotatable bonds is 7. The van der Waals surface area contributed by atoms with Crippen LogP contribution in [0.1, 0.15) is 52.4 Å². The zero-order valence-corrected chi connectivity index (χ0v) is 11.3. The second-order valence-corrected chi connectivity index (χ2v) is 5.49. The van der Waals surface area contributed by atoms with Gasteiger partial charge in [-0.15, -0.1) is 0 Å². The molecule has 1 heterocycles. The van der Waals surface area contributed by atoms with Crippen molar-refractivity contribution in [1.29, 1.82) is 0 Å². The van der Waals surface area contributed by atoms with Crippen LogP contribution in [0.4, 0.5) is 0 Å². The Morgan fingerprint density at radius 3 is 2.71 bits per heavy atom. The summed E-state index contributed by atoms with van der Waals surface area (Å²) in [4.78, 5) is 11.5. The van der Waals surface area contributed by atoms with Crippen LogP contribution in [0, 0.1) is 11.8 Å². The van der Waals surface area contributed by atoms with Crippen molar-refractivity contribution >= 4 is 5.97 Å². The molecule has 1 fully saturated rings. The Labute approximate surface area is 105 Å². The number of carbonyl (C=O) groups is 1. The molecule has 3 nitrogen and oxygen atoms in total. The summed E-state index contributed by atoms with van der Waals surface area (Å²) < 4.78 is 5.23. The number of hydrogen-bond acceptors (Lipinski definition) is 3. The zero-order valence-electron chi connectivity index (χ0n) is 11.3. The second-order valence-electron chi connectivity index (χ2n) is 5.49. The predicted molar refractivity (Wildman–Crippen MR) is 69.9 cm³/mol. The molecule has 0 aromatic carbocycles. The van der Waals surface area contributed by atoms with Crippen molar-refractivity contribution in [3.05, 3.63) is 0 Å². The topological polar surface area (TPSA) is 38.3 Å². The lowest BCUT2D eigenvalue weighted by Gasteiger charge is -2.21. The van der Waals surface area contributed by atoms with Gasteiger partial charge in [-0.2, -0.15) is 0 Å². The minimum atomic E-state index is -0.00714. The summed E-state index contributed by atoms with van der Waals surface area (Å²) in [5, 5.41) is 3.34. The van der Waals surface area contributed by atoms with Crippen molar-refractivity contribution in [3.8, 4) is 0 Å². The fourth-order valence-electron chi connectivity index (χ4n) is 2.24. The molecule has 0 aromatic heterocycles. The molecule has 0 saturated carbocycles. The molecule has 1 aliphatic rings. The number of nitrogens with one attached hydrogen (secondary N) is 1. The van der Waals surface area contributed by atoms with Crippen LogP contribution in [0.3, 0.4) is 0 Å². The third-order valence-electron chi connectivity index (χ3n) is 3.40. The first-order valence-electron chi connectivity index (χ1n) is 7.05. The molecule has 3 heteroatoms. The van der Waals surface area contributed by atoms with Crippen LogP contribution in [0.2, 0.25) is 0 Å². The van der Waals surface area contributed by atoms with E-state index in [1.807, 2.05) is 0 Å². The van der Waals surface area contributed by atoms with Gasteiger partial charge >= 0.3 is 5.97 Å². The SMILES string of the molecule is CC(C)CCCOC(=O)CCC1CCNCC1. The molecule has 0 amide bonds. The molecule has 1 saturated heterocycles. The molecule has 0 atom stereocenters. The van der Waals surface area contributed by atoms with E-state index in [1.165, 1.54) is 12.8 Å². The fourth-order valence-corrected chi connectivity index (χ4v) is 2.24. The molecule has 0 unspecified atom stereocenters. The first kappa shape index (κ1) is 14.5. The van der Waals surface area contributed by atoms with E-state index >= 15 is 0 Å².